The fourth-order valence-corrected chi connectivity index (χ4v) is 1.78. The van der Waals surface area contributed by atoms with Crippen molar-refractivity contribution in [3.63, 3.8) is 0 Å². The summed E-state index contributed by atoms with van der Waals surface area (Å²) in [6.07, 6.45) is 1.72. The molecule has 0 radical (unpaired) electrons. The normalized spacial score (nSPS) is 19.6. The fourth-order valence-electron chi connectivity index (χ4n) is 1.78. The Bertz CT molecular complexity index is 428. The van der Waals surface area contributed by atoms with Gasteiger partial charge < -0.3 is 4.74 Å². The summed E-state index contributed by atoms with van der Waals surface area (Å²) in [4.78, 5) is 17.9. The molecule has 0 aromatic carbocycles. The number of rotatable bonds is 2. The Morgan fingerprint density at radius 3 is 2.94 bits per heavy atom. The zero-order valence-electron chi connectivity index (χ0n) is 9.34. The van der Waals surface area contributed by atoms with Crippen LogP contribution in [-0.2, 0) is 0 Å². The van der Waals surface area contributed by atoms with Crippen molar-refractivity contribution in [3.05, 3.63) is 17.2 Å². The van der Waals surface area contributed by atoms with E-state index >= 15 is 0 Å². The molecule has 2 rings (SSSR count). The van der Waals surface area contributed by atoms with Gasteiger partial charge in [-0.1, -0.05) is 0 Å². The molecule has 0 bridgehead atoms. The number of nitrogens with zero attached hydrogens (tertiary/aromatic N) is 5. The molecule has 0 amide bonds. The van der Waals surface area contributed by atoms with E-state index in [1.165, 1.54) is 7.11 Å². The lowest BCUT2D eigenvalue weighted by Crippen LogP contribution is -2.28. The van der Waals surface area contributed by atoms with Crippen molar-refractivity contribution in [3.8, 4) is 6.01 Å². The number of anilines is 1. The summed E-state index contributed by atoms with van der Waals surface area (Å²) in [5.74, 6) is 1.15. The molecule has 2 heterocycles. The van der Waals surface area contributed by atoms with Crippen molar-refractivity contribution in [2.75, 3.05) is 18.6 Å². The van der Waals surface area contributed by atoms with Gasteiger partial charge in [0.1, 0.15) is 5.82 Å². The standard InChI is InChI=1S/C10H13N5O/c1-7-12-9(14-10(13-7)16-3)15-6-4-5-8(15)11-2/h8H,4-6H2,1,3H3/t8-/m0/s1. The number of hydrogen-bond donors (Lipinski definition) is 0. The summed E-state index contributed by atoms with van der Waals surface area (Å²) < 4.78 is 5.00. The van der Waals surface area contributed by atoms with Gasteiger partial charge in [-0.3, -0.25) is 9.74 Å². The Morgan fingerprint density at radius 2 is 2.25 bits per heavy atom. The van der Waals surface area contributed by atoms with Gasteiger partial charge in [0.15, 0.2) is 0 Å². The molecule has 1 aromatic rings. The predicted molar refractivity (Wildman–Crippen MR) is 58.1 cm³/mol. The van der Waals surface area contributed by atoms with Crippen molar-refractivity contribution in [2.45, 2.75) is 25.9 Å². The molecule has 1 aliphatic heterocycles. The van der Waals surface area contributed by atoms with Crippen LogP contribution in [0.3, 0.4) is 0 Å². The first kappa shape index (κ1) is 10.6. The van der Waals surface area contributed by atoms with Crippen LogP contribution in [0, 0.1) is 13.5 Å². The summed E-state index contributed by atoms with van der Waals surface area (Å²) in [6.45, 7) is 9.72. The van der Waals surface area contributed by atoms with E-state index in [-0.39, 0.29) is 6.17 Å². The smallest absolute Gasteiger partial charge is 0.321 e. The van der Waals surface area contributed by atoms with Crippen LogP contribution in [0.15, 0.2) is 0 Å². The minimum atomic E-state index is -0.147. The van der Waals surface area contributed by atoms with Crippen LogP contribution in [0.4, 0.5) is 5.95 Å². The lowest BCUT2D eigenvalue weighted by atomic mass is 10.3. The molecule has 1 atom stereocenters. The molecule has 6 nitrogen and oxygen atoms in total. The lowest BCUT2D eigenvalue weighted by molar-refractivity contribution is 0.376. The van der Waals surface area contributed by atoms with Crippen LogP contribution in [0.25, 0.3) is 4.85 Å². The number of methoxy groups -OCH3 is 1. The Morgan fingerprint density at radius 1 is 1.44 bits per heavy atom. The molecule has 0 aliphatic carbocycles. The Kier molecular flexibility index (Phi) is 2.86. The Hall–Kier alpha value is -1.90. The van der Waals surface area contributed by atoms with Crippen molar-refractivity contribution in [1.29, 1.82) is 0 Å². The highest BCUT2D eigenvalue weighted by Gasteiger charge is 2.31. The lowest BCUT2D eigenvalue weighted by Gasteiger charge is -2.16. The largest absolute Gasteiger partial charge is 0.467 e. The topological polar surface area (TPSA) is 55.5 Å². The maximum Gasteiger partial charge on any atom is 0.321 e. The molecule has 1 fully saturated rings. The number of aryl methyl sites for hydroxylation is 1. The highest BCUT2D eigenvalue weighted by molar-refractivity contribution is 5.35. The molecule has 16 heavy (non-hydrogen) atoms. The first-order chi connectivity index (χ1) is 7.74. The molecule has 0 saturated carbocycles. The monoisotopic (exact) mass is 219 g/mol. The minimum Gasteiger partial charge on any atom is -0.467 e. The molecule has 84 valence electrons. The van der Waals surface area contributed by atoms with Crippen LogP contribution in [0.5, 0.6) is 6.01 Å². The van der Waals surface area contributed by atoms with E-state index in [9.17, 15) is 0 Å². The average molecular weight is 219 g/mol. The first-order valence-electron chi connectivity index (χ1n) is 5.14. The van der Waals surface area contributed by atoms with Crippen LogP contribution in [0.2, 0.25) is 0 Å². The Labute approximate surface area is 94.1 Å². The van der Waals surface area contributed by atoms with Gasteiger partial charge in [-0.2, -0.15) is 15.0 Å². The van der Waals surface area contributed by atoms with Crippen LogP contribution >= 0.6 is 0 Å². The van der Waals surface area contributed by atoms with Gasteiger partial charge in [-0.25, -0.2) is 6.57 Å². The zero-order chi connectivity index (χ0) is 11.5. The summed E-state index contributed by atoms with van der Waals surface area (Å²) >= 11 is 0. The van der Waals surface area contributed by atoms with Crippen LogP contribution < -0.4 is 9.64 Å². The maximum absolute atomic E-state index is 7.11. The summed E-state index contributed by atoms with van der Waals surface area (Å²) in [5, 5.41) is 0. The molecular weight excluding hydrogens is 206 g/mol. The zero-order valence-corrected chi connectivity index (χ0v) is 9.34. The van der Waals surface area contributed by atoms with E-state index < -0.39 is 0 Å². The van der Waals surface area contributed by atoms with Crippen LogP contribution in [-0.4, -0.2) is 34.8 Å². The van der Waals surface area contributed by atoms with E-state index in [0.717, 1.165) is 19.4 Å². The molecule has 0 N–H and O–H groups in total. The van der Waals surface area contributed by atoms with Crippen molar-refractivity contribution < 1.29 is 4.74 Å². The predicted octanol–water partition coefficient (Wildman–Crippen LogP) is 1.03. The third kappa shape index (κ3) is 1.89. The number of ether oxygens (including phenoxy) is 1. The second kappa shape index (κ2) is 4.31. The third-order valence-electron chi connectivity index (χ3n) is 2.52. The maximum atomic E-state index is 7.11. The minimum absolute atomic E-state index is 0.147. The summed E-state index contributed by atoms with van der Waals surface area (Å²) in [5.41, 5.74) is 0. The highest BCUT2D eigenvalue weighted by atomic mass is 16.5. The van der Waals surface area contributed by atoms with E-state index in [1.54, 1.807) is 6.92 Å². The van der Waals surface area contributed by atoms with Crippen molar-refractivity contribution >= 4 is 5.95 Å². The fraction of sp³-hybridized carbons (Fsp3) is 0.600. The molecule has 6 heteroatoms. The number of hydrogen-bond acceptors (Lipinski definition) is 5. The highest BCUT2D eigenvalue weighted by Crippen LogP contribution is 2.24. The molecule has 0 unspecified atom stereocenters. The molecule has 1 aliphatic rings. The first-order valence-corrected chi connectivity index (χ1v) is 5.14. The second-order valence-electron chi connectivity index (χ2n) is 3.61. The van der Waals surface area contributed by atoms with E-state index in [0.29, 0.717) is 17.8 Å². The van der Waals surface area contributed by atoms with Crippen LogP contribution in [0.1, 0.15) is 18.7 Å². The Balaban J connectivity index is 2.33. The third-order valence-corrected chi connectivity index (χ3v) is 2.52. The van der Waals surface area contributed by atoms with E-state index in [2.05, 4.69) is 19.8 Å². The van der Waals surface area contributed by atoms with Gasteiger partial charge in [0.25, 0.3) is 0 Å². The van der Waals surface area contributed by atoms with Gasteiger partial charge in [0.05, 0.1) is 7.11 Å². The van der Waals surface area contributed by atoms with Gasteiger partial charge in [0, 0.05) is 13.0 Å². The van der Waals surface area contributed by atoms with E-state index in [4.69, 9.17) is 11.3 Å². The average Bonchev–Trinajstić information content (AvgIpc) is 2.76. The van der Waals surface area contributed by atoms with Crippen molar-refractivity contribution in [1.82, 2.24) is 15.0 Å². The summed E-state index contributed by atoms with van der Waals surface area (Å²) in [6, 6.07) is 0.304. The van der Waals surface area contributed by atoms with Crippen molar-refractivity contribution in [2.24, 2.45) is 0 Å². The number of aromatic nitrogens is 3. The van der Waals surface area contributed by atoms with Gasteiger partial charge >= 0.3 is 12.2 Å². The van der Waals surface area contributed by atoms with Gasteiger partial charge in [-0.05, 0) is 13.3 Å². The quantitative estimate of drug-likeness (QED) is 0.695. The molecule has 1 saturated heterocycles. The van der Waals surface area contributed by atoms with Gasteiger partial charge in [0.2, 0.25) is 5.95 Å². The molecular formula is C10H13N5O. The van der Waals surface area contributed by atoms with Gasteiger partial charge in [-0.15, -0.1) is 0 Å². The summed E-state index contributed by atoms with van der Waals surface area (Å²) in [7, 11) is 1.52. The van der Waals surface area contributed by atoms with E-state index in [1.807, 2.05) is 4.90 Å². The second-order valence-corrected chi connectivity index (χ2v) is 3.61. The molecule has 0 spiro atoms. The molecule has 1 aromatic heterocycles. The SMILES string of the molecule is [C-]#[N+][C@@H]1CCCN1c1nc(C)nc(OC)n1.